The molecule has 1 fully saturated rings. The van der Waals surface area contributed by atoms with Crippen LogP contribution >= 0.6 is 0 Å². The van der Waals surface area contributed by atoms with E-state index in [9.17, 15) is 0 Å². The van der Waals surface area contributed by atoms with E-state index in [1.54, 1.807) is 14.2 Å². The summed E-state index contributed by atoms with van der Waals surface area (Å²) in [6, 6.07) is 8.24. The molecule has 5 heteroatoms. The quantitative estimate of drug-likeness (QED) is 0.460. The van der Waals surface area contributed by atoms with Crippen LogP contribution in [0.1, 0.15) is 31.7 Å². The Labute approximate surface area is 139 Å². The normalized spacial score (nSPS) is 21.3. The Morgan fingerprint density at radius 1 is 1.30 bits per heavy atom. The predicted molar refractivity (Wildman–Crippen MR) is 94.3 cm³/mol. The summed E-state index contributed by atoms with van der Waals surface area (Å²) in [5, 5.41) is 6.73. The fraction of sp³-hybridized carbons (Fsp3) is 0.611. The zero-order chi connectivity index (χ0) is 16.5. The molecule has 23 heavy (non-hydrogen) atoms. The topological polar surface area (TPSA) is 54.9 Å². The van der Waals surface area contributed by atoms with Gasteiger partial charge in [0, 0.05) is 26.7 Å². The van der Waals surface area contributed by atoms with Crippen molar-refractivity contribution in [2.75, 3.05) is 33.9 Å². The maximum absolute atomic E-state index is 5.78. The standard InChI is InChI=1S/C18H29N3O2/c1-18(11-5-13-23-18)14-21-17(19-2)20-12-4-6-15-7-9-16(22-3)10-8-15/h7-10H,4-6,11-14H2,1-3H3,(H2,19,20,21). The molecule has 1 aliphatic heterocycles. The molecule has 0 aliphatic carbocycles. The number of aliphatic imine (C=N–C) groups is 1. The second-order valence-corrected chi connectivity index (χ2v) is 6.21. The minimum atomic E-state index is -0.0548. The largest absolute Gasteiger partial charge is 0.497 e. The smallest absolute Gasteiger partial charge is 0.191 e. The number of hydrogen-bond acceptors (Lipinski definition) is 3. The predicted octanol–water partition coefficient (Wildman–Crippen LogP) is 2.36. The zero-order valence-electron chi connectivity index (χ0n) is 14.5. The minimum absolute atomic E-state index is 0.0548. The lowest BCUT2D eigenvalue weighted by molar-refractivity contribution is 0.0243. The van der Waals surface area contributed by atoms with Crippen molar-refractivity contribution < 1.29 is 9.47 Å². The maximum Gasteiger partial charge on any atom is 0.191 e. The van der Waals surface area contributed by atoms with Gasteiger partial charge in [-0.15, -0.1) is 0 Å². The highest BCUT2D eigenvalue weighted by atomic mass is 16.5. The molecule has 0 spiro atoms. The van der Waals surface area contributed by atoms with Crippen LogP contribution in [0.2, 0.25) is 0 Å². The third-order valence-electron chi connectivity index (χ3n) is 4.25. The van der Waals surface area contributed by atoms with Crippen molar-refractivity contribution in [1.82, 2.24) is 10.6 Å². The molecule has 0 amide bonds. The van der Waals surface area contributed by atoms with Crippen LogP contribution < -0.4 is 15.4 Å². The number of guanidine groups is 1. The van der Waals surface area contributed by atoms with Crippen LogP contribution in [-0.2, 0) is 11.2 Å². The molecule has 1 unspecified atom stereocenters. The van der Waals surface area contributed by atoms with Gasteiger partial charge in [0.25, 0.3) is 0 Å². The van der Waals surface area contributed by atoms with Crippen molar-refractivity contribution >= 4 is 5.96 Å². The van der Waals surface area contributed by atoms with Gasteiger partial charge in [0.2, 0.25) is 0 Å². The minimum Gasteiger partial charge on any atom is -0.497 e. The second-order valence-electron chi connectivity index (χ2n) is 6.21. The molecular formula is C18H29N3O2. The Hall–Kier alpha value is -1.75. The molecule has 0 aromatic heterocycles. The highest BCUT2D eigenvalue weighted by molar-refractivity contribution is 5.79. The van der Waals surface area contributed by atoms with Crippen molar-refractivity contribution in [2.45, 2.75) is 38.2 Å². The molecule has 1 heterocycles. The summed E-state index contributed by atoms with van der Waals surface area (Å²) >= 11 is 0. The molecule has 0 radical (unpaired) electrons. The van der Waals surface area contributed by atoms with Gasteiger partial charge in [0.15, 0.2) is 5.96 Å². The fourth-order valence-electron chi connectivity index (χ4n) is 2.76. The lowest BCUT2D eigenvalue weighted by Gasteiger charge is -2.24. The second kappa shape index (κ2) is 8.77. The molecule has 1 aromatic carbocycles. The van der Waals surface area contributed by atoms with Crippen molar-refractivity contribution in [3.05, 3.63) is 29.8 Å². The summed E-state index contributed by atoms with van der Waals surface area (Å²) in [5.41, 5.74) is 1.27. The summed E-state index contributed by atoms with van der Waals surface area (Å²) < 4.78 is 11.0. The highest BCUT2D eigenvalue weighted by Crippen LogP contribution is 2.23. The molecule has 1 atom stereocenters. The van der Waals surface area contributed by atoms with E-state index in [1.165, 1.54) is 5.56 Å². The Morgan fingerprint density at radius 2 is 2.09 bits per heavy atom. The highest BCUT2D eigenvalue weighted by Gasteiger charge is 2.29. The molecular weight excluding hydrogens is 290 g/mol. The Kier molecular flexibility index (Phi) is 6.71. The average Bonchev–Trinajstić information content (AvgIpc) is 3.01. The van der Waals surface area contributed by atoms with E-state index in [-0.39, 0.29) is 5.60 Å². The van der Waals surface area contributed by atoms with E-state index in [1.807, 2.05) is 12.1 Å². The molecule has 2 rings (SSSR count). The Morgan fingerprint density at radius 3 is 2.70 bits per heavy atom. The van der Waals surface area contributed by atoms with E-state index in [2.05, 4.69) is 34.7 Å². The van der Waals surface area contributed by atoms with Gasteiger partial charge in [0.05, 0.1) is 12.7 Å². The first-order valence-corrected chi connectivity index (χ1v) is 8.37. The number of nitrogens with zero attached hydrogens (tertiary/aromatic N) is 1. The molecule has 0 saturated carbocycles. The van der Waals surface area contributed by atoms with Crippen LogP contribution in [0.5, 0.6) is 5.75 Å². The monoisotopic (exact) mass is 319 g/mol. The van der Waals surface area contributed by atoms with Crippen molar-refractivity contribution in [3.63, 3.8) is 0 Å². The van der Waals surface area contributed by atoms with Gasteiger partial charge >= 0.3 is 0 Å². The average molecular weight is 319 g/mol. The zero-order valence-corrected chi connectivity index (χ0v) is 14.5. The summed E-state index contributed by atoms with van der Waals surface area (Å²) in [6.45, 7) is 4.71. The van der Waals surface area contributed by atoms with Crippen molar-refractivity contribution in [3.8, 4) is 5.75 Å². The van der Waals surface area contributed by atoms with Gasteiger partial charge in [-0.2, -0.15) is 0 Å². The number of benzene rings is 1. The molecule has 0 bridgehead atoms. The fourth-order valence-corrected chi connectivity index (χ4v) is 2.76. The van der Waals surface area contributed by atoms with Gasteiger partial charge in [-0.05, 0) is 50.3 Å². The molecule has 128 valence electrons. The number of rotatable bonds is 7. The molecule has 1 aliphatic rings. The van der Waals surface area contributed by atoms with Crippen LogP contribution in [0.4, 0.5) is 0 Å². The van der Waals surface area contributed by atoms with Gasteiger partial charge in [-0.25, -0.2) is 0 Å². The number of aryl methyl sites for hydroxylation is 1. The van der Waals surface area contributed by atoms with Crippen LogP contribution in [0.3, 0.4) is 0 Å². The third-order valence-corrected chi connectivity index (χ3v) is 4.25. The van der Waals surface area contributed by atoms with Gasteiger partial charge in [-0.3, -0.25) is 4.99 Å². The number of nitrogens with one attached hydrogen (secondary N) is 2. The van der Waals surface area contributed by atoms with E-state index < -0.39 is 0 Å². The summed E-state index contributed by atoms with van der Waals surface area (Å²) in [4.78, 5) is 4.27. The summed E-state index contributed by atoms with van der Waals surface area (Å²) in [7, 11) is 3.49. The first-order valence-electron chi connectivity index (χ1n) is 8.37. The molecule has 5 nitrogen and oxygen atoms in total. The van der Waals surface area contributed by atoms with Crippen molar-refractivity contribution in [1.29, 1.82) is 0 Å². The van der Waals surface area contributed by atoms with Crippen LogP contribution in [0, 0.1) is 0 Å². The molecule has 1 saturated heterocycles. The van der Waals surface area contributed by atoms with E-state index in [0.717, 1.165) is 57.1 Å². The molecule has 2 N–H and O–H groups in total. The van der Waals surface area contributed by atoms with Gasteiger partial charge < -0.3 is 20.1 Å². The Balaban J connectivity index is 1.65. The summed E-state index contributed by atoms with van der Waals surface area (Å²) in [6.07, 6.45) is 4.34. The number of ether oxygens (including phenoxy) is 2. The lowest BCUT2D eigenvalue weighted by Crippen LogP contribution is -2.45. The van der Waals surface area contributed by atoms with Crippen molar-refractivity contribution in [2.24, 2.45) is 4.99 Å². The van der Waals surface area contributed by atoms with Gasteiger partial charge in [-0.1, -0.05) is 12.1 Å². The van der Waals surface area contributed by atoms with Crippen LogP contribution in [0.25, 0.3) is 0 Å². The van der Waals surface area contributed by atoms with Crippen LogP contribution in [0.15, 0.2) is 29.3 Å². The molecule has 1 aromatic rings. The summed E-state index contributed by atoms with van der Waals surface area (Å²) in [5.74, 6) is 1.75. The van der Waals surface area contributed by atoms with E-state index in [0.29, 0.717) is 0 Å². The maximum atomic E-state index is 5.78. The van der Waals surface area contributed by atoms with Gasteiger partial charge in [0.1, 0.15) is 5.75 Å². The first kappa shape index (κ1) is 17.6. The first-order chi connectivity index (χ1) is 11.1. The van der Waals surface area contributed by atoms with E-state index >= 15 is 0 Å². The number of methoxy groups -OCH3 is 1. The lowest BCUT2D eigenvalue weighted by atomic mass is 10.0. The SMILES string of the molecule is CN=C(NCCCc1ccc(OC)cc1)NCC1(C)CCCO1. The Bertz CT molecular complexity index is 493. The third kappa shape index (κ3) is 5.75. The van der Waals surface area contributed by atoms with E-state index in [4.69, 9.17) is 9.47 Å². The number of hydrogen-bond donors (Lipinski definition) is 2. The van der Waals surface area contributed by atoms with Crippen LogP contribution in [-0.4, -0.2) is 45.4 Å².